The Bertz CT molecular complexity index is 111. The van der Waals surface area contributed by atoms with Crippen LogP contribution in [0.15, 0.2) is 0 Å². The van der Waals surface area contributed by atoms with Gasteiger partial charge in [0.2, 0.25) is 0 Å². The molecule has 2 fully saturated rings. The predicted octanol–water partition coefficient (Wildman–Crippen LogP) is 2.21. The number of piperidine rings is 1. The van der Waals surface area contributed by atoms with Crippen LogP contribution in [-0.4, -0.2) is 38.1 Å². The molecule has 0 saturated carbocycles. The van der Waals surface area contributed by atoms with Gasteiger partial charge in [-0.3, -0.25) is 0 Å². The Morgan fingerprint density at radius 3 is 2.14 bits per heavy atom. The van der Waals surface area contributed by atoms with Crippen LogP contribution in [0, 0.1) is 11.8 Å². The number of likely N-dealkylation sites (tertiary alicyclic amines) is 1. The van der Waals surface area contributed by atoms with Crippen molar-refractivity contribution >= 4 is 0 Å². The second kappa shape index (κ2) is 8.25. The molecule has 2 rings (SSSR count). The van der Waals surface area contributed by atoms with Gasteiger partial charge in [-0.05, 0) is 38.4 Å². The Morgan fingerprint density at radius 2 is 1.57 bits per heavy atom. The summed E-state index contributed by atoms with van der Waals surface area (Å²) >= 11 is 0. The smallest absolute Gasteiger partial charge is 0.00220 e. The highest BCUT2D eigenvalue weighted by atomic mass is 15.1. The fourth-order valence-electron chi connectivity index (χ4n) is 2.31. The Morgan fingerprint density at radius 1 is 1.00 bits per heavy atom. The van der Waals surface area contributed by atoms with Gasteiger partial charge < -0.3 is 10.2 Å². The lowest BCUT2D eigenvalue weighted by Crippen LogP contribution is -2.35. The molecule has 0 bridgehead atoms. The highest BCUT2D eigenvalue weighted by molar-refractivity contribution is 4.86. The first-order valence-electron chi connectivity index (χ1n) is 6.25. The average molecular weight is 200 g/mol. The molecule has 86 valence electrons. The molecule has 2 atom stereocenters. The van der Waals surface area contributed by atoms with Crippen molar-refractivity contribution in [1.29, 1.82) is 0 Å². The summed E-state index contributed by atoms with van der Waals surface area (Å²) in [5.41, 5.74) is 0. The predicted molar refractivity (Wildman–Crippen MR) is 64.7 cm³/mol. The van der Waals surface area contributed by atoms with Crippen molar-refractivity contribution < 1.29 is 0 Å². The molecule has 0 aromatic rings. The van der Waals surface area contributed by atoms with Crippen LogP contribution in [0.5, 0.6) is 0 Å². The van der Waals surface area contributed by atoms with E-state index in [9.17, 15) is 0 Å². The quantitative estimate of drug-likeness (QED) is 0.645. The highest BCUT2D eigenvalue weighted by Gasteiger charge is 2.32. The van der Waals surface area contributed by atoms with Crippen LogP contribution in [0.3, 0.4) is 0 Å². The molecule has 2 nitrogen and oxygen atoms in total. The molecule has 0 radical (unpaired) electrons. The third-order valence-corrected chi connectivity index (χ3v) is 2.86. The van der Waals surface area contributed by atoms with Gasteiger partial charge in [0.15, 0.2) is 0 Å². The highest BCUT2D eigenvalue weighted by Crippen LogP contribution is 2.26. The van der Waals surface area contributed by atoms with Gasteiger partial charge in [0.25, 0.3) is 0 Å². The molecule has 0 aromatic heterocycles. The molecular formula is C12H28N2. The third-order valence-electron chi connectivity index (χ3n) is 2.86. The minimum Gasteiger partial charge on any atom is -0.316 e. The summed E-state index contributed by atoms with van der Waals surface area (Å²) < 4.78 is 0. The molecule has 2 unspecified atom stereocenters. The zero-order valence-corrected chi connectivity index (χ0v) is 10.6. The van der Waals surface area contributed by atoms with Crippen LogP contribution in [0.2, 0.25) is 0 Å². The lowest BCUT2D eigenvalue weighted by Gasteiger charge is -2.24. The van der Waals surface area contributed by atoms with E-state index in [4.69, 9.17) is 0 Å². The molecule has 1 N–H and O–H groups in total. The summed E-state index contributed by atoms with van der Waals surface area (Å²) in [7, 11) is 2.23. The first-order valence-corrected chi connectivity index (χ1v) is 6.25. The molecule has 14 heavy (non-hydrogen) atoms. The van der Waals surface area contributed by atoms with E-state index < -0.39 is 0 Å². The first-order chi connectivity index (χ1) is 6.86. The SMILES string of the molecule is CC.CC.CN1CC2CCNCC2C1. The number of rotatable bonds is 0. The third kappa shape index (κ3) is 3.97. The van der Waals surface area contributed by atoms with E-state index in [1.165, 1.54) is 32.6 Å². The Kier molecular flexibility index (Phi) is 8.20. The van der Waals surface area contributed by atoms with E-state index in [0.717, 1.165) is 11.8 Å². The molecule has 2 heteroatoms. The van der Waals surface area contributed by atoms with E-state index in [2.05, 4.69) is 17.3 Å². The minimum absolute atomic E-state index is 0.957. The van der Waals surface area contributed by atoms with Gasteiger partial charge in [0.05, 0.1) is 0 Å². The van der Waals surface area contributed by atoms with Crippen molar-refractivity contribution in [2.24, 2.45) is 11.8 Å². The maximum atomic E-state index is 3.45. The van der Waals surface area contributed by atoms with E-state index in [0.29, 0.717) is 0 Å². The van der Waals surface area contributed by atoms with Gasteiger partial charge in [-0.2, -0.15) is 0 Å². The van der Waals surface area contributed by atoms with Crippen molar-refractivity contribution in [3.63, 3.8) is 0 Å². The van der Waals surface area contributed by atoms with E-state index in [1.807, 2.05) is 27.7 Å². The van der Waals surface area contributed by atoms with E-state index in [1.54, 1.807) is 0 Å². The number of hydrogen-bond acceptors (Lipinski definition) is 2. The van der Waals surface area contributed by atoms with E-state index in [-0.39, 0.29) is 0 Å². The second-order valence-corrected chi connectivity index (χ2v) is 3.73. The molecule has 0 amide bonds. The molecule has 0 aromatic carbocycles. The van der Waals surface area contributed by atoms with Crippen molar-refractivity contribution in [2.45, 2.75) is 34.1 Å². The maximum absolute atomic E-state index is 3.45. The number of hydrogen-bond donors (Lipinski definition) is 1. The average Bonchev–Trinajstić information content (AvgIpc) is 2.64. The van der Waals surface area contributed by atoms with Gasteiger partial charge in [-0.15, -0.1) is 0 Å². The number of nitrogens with zero attached hydrogens (tertiary/aromatic N) is 1. The lowest BCUT2D eigenvalue weighted by molar-refractivity contribution is 0.318. The molecule has 0 aliphatic carbocycles. The Balaban J connectivity index is 0.000000379. The van der Waals surface area contributed by atoms with Gasteiger partial charge in [-0.25, -0.2) is 0 Å². The summed E-state index contributed by atoms with van der Waals surface area (Å²) in [6.07, 6.45) is 1.40. The van der Waals surface area contributed by atoms with Crippen molar-refractivity contribution in [3.05, 3.63) is 0 Å². The van der Waals surface area contributed by atoms with Crippen LogP contribution < -0.4 is 5.32 Å². The minimum atomic E-state index is 0.957. The monoisotopic (exact) mass is 200 g/mol. The fourth-order valence-corrected chi connectivity index (χ4v) is 2.31. The van der Waals surface area contributed by atoms with Crippen molar-refractivity contribution in [3.8, 4) is 0 Å². The fraction of sp³-hybridized carbons (Fsp3) is 1.00. The molecule has 2 aliphatic rings. The number of fused-ring (bicyclic) bond motifs is 1. The Hall–Kier alpha value is -0.0800. The molecule has 2 heterocycles. The van der Waals surface area contributed by atoms with Crippen LogP contribution in [0.4, 0.5) is 0 Å². The second-order valence-electron chi connectivity index (χ2n) is 3.73. The van der Waals surface area contributed by atoms with Gasteiger partial charge in [0, 0.05) is 13.1 Å². The molecule has 2 saturated heterocycles. The van der Waals surface area contributed by atoms with Crippen LogP contribution in [-0.2, 0) is 0 Å². The first kappa shape index (κ1) is 13.9. The van der Waals surface area contributed by atoms with E-state index >= 15 is 0 Å². The van der Waals surface area contributed by atoms with Gasteiger partial charge in [-0.1, -0.05) is 27.7 Å². The Labute approximate surface area is 90.1 Å². The van der Waals surface area contributed by atoms with Gasteiger partial charge >= 0.3 is 0 Å². The van der Waals surface area contributed by atoms with Crippen LogP contribution in [0.1, 0.15) is 34.1 Å². The topological polar surface area (TPSA) is 15.3 Å². The summed E-state index contributed by atoms with van der Waals surface area (Å²) in [6, 6.07) is 0. The lowest BCUT2D eigenvalue weighted by atomic mass is 9.90. The van der Waals surface area contributed by atoms with Crippen LogP contribution >= 0.6 is 0 Å². The summed E-state index contributed by atoms with van der Waals surface area (Å²) in [4.78, 5) is 2.46. The maximum Gasteiger partial charge on any atom is 0.00220 e. The summed E-state index contributed by atoms with van der Waals surface area (Å²) in [5.74, 6) is 1.96. The normalized spacial score (nSPS) is 30.6. The largest absolute Gasteiger partial charge is 0.316 e. The summed E-state index contributed by atoms with van der Waals surface area (Å²) in [5, 5.41) is 3.45. The molecular weight excluding hydrogens is 172 g/mol. The van der Waals surface area contributed by atoms with Gasteiger partial charge in [0.1, 0.15) is 0 Å². The van der Waals surface area contributed by atoms with Crippen LogP contribution in [0.25, 0.3) is 0 Å². The zero-order valence-electron chi connectivity index (χ0n) is 10.6. The van der Waals surface area contributed by atoms with Crippen molar-refractivity contribution in [2.75, 3.05) is 33.2 Å². The molecule has 2 aliphatic heterocycles. The summed E-state index contributed by atoms with van der Waals surface area (Å²) in [6.45, 7) is 13.2. The number of nitrogens with one attached hydrogen (secondary N) is 1. The zero-order chi connectivity index (χ0) is 11.0. The standard InChI is InChI=1S/C8H16N2.2C2H6/c1-10-5-7-2-3-9-4-8(7)6-10;2*1-2/h7-9H,2-6H2,1H3;2*1-2H3. The van der Waals surface area contributed by atoms with Crippen molar-refractivity contribution in [1.82, 2.24) is 10.2 Å². The molecule has 0 spiro atoms.